The average molecular weight is 237 g/mol. The van der Waals surface area contributed by atoms with Crippen LogP contribution in [0.4, 0.5) is 0 Å². The third-order valence-electron chi connectivity index (χ3n) is 4.34. The summed E-state index contributed by atoms with van der Waals surface area (Å²) in [6.45, 7) is 0. The maximum absolute atomic E-state index is 11.3. The lowest BCUT2D eigenvalue weighted by molar-refractivity contribution is -0.150. The van der Waals surface area contributed by atoms with Gasteiger partial charge in [-0.15, -0.1) is 0 Å². The van der Waals surface area contributed by atoms with Crippen LogP contribution < -0.4 is 0 Å². The molecule has 0 amide bonds. The highest BCUT2D eigenvalue weighted by Gasteiger charge is 2.62. The molecule has 0 aromatic heterocycles. The number of hydrogen-bond donors (Lipinski definition) is 1. The molecule has 2 nitrogen and oxygen atoms in total. The largest absolute Gasteiger partial charge is 0.481 e. The topological polar surface area (TPSA) is 37.3 Å². The van der Waals surface area contributed by atoms with E-state index in [0.717, 1.165) is 24.8 Å². The summed E-state index contributed by atoms with van der Waals surface area (Å²) in [7, 11) is 0. The summed E-state index contributed by atoms with van der Waals surface area (Å²) < 4.78 is 0. The Bertz CT molecular complexity index is 436. The minimum absolute atomic E-state index is 0.0961. The van der Waals surface area contributed by atoms with Gasteiger partial charge in [0.15, 0.2) is 0 Å². The van der Waals surface area contributed by atoms with E-state index < -0.39 is 5.97 Å². The highest BCUT2D eigenvalue weighted by atomic mass is 35.5. The molecule has 3 aliphatic rings. The van der Waals surface area contributed by atoms with Crippen molar-refractivity contribution in [3.05, 3.63) is 34.9 Å². The fourth-order valence-corrected chi connectivity index (χ4v) is 3.76. The molecule has 0 aliphatic heterocycles. The number of benzene rings is 1. The summed E-state index contributed by atoms with van der Waals surface area (Å²) in [5.41, 5.74) is 1.05. The predicted octanol–water partition coefficient (Wildman–Crippen LogP) is 3.09. The highest BCUT2D eigenvalue weighted by Crippen LogP contribution is 2.63. The van der Waals surface area contributed by atoms with E-state index in [2.05, 4.69) is 0 Å². The fourth-order valence-electron chi connectivity index (χ4n) is 3.63. The Morgan fingerprint density at radius 1 is 1.38 bits per heavy atom. The van der Waals surface area contributed by atoms with E-state index in [4.69, 9.17) is 11.6 Å². The lowest BCUT2D eigenvalue weighted by Gasteiger charge is -2.45. The van der Waals surface area contributed by atoms with Crippen LogP contribution in [0.5, 0.6) is 0 Å². The number of carboxylic acid groups (broad SMARTS) is 1. The van der Waals surface area contributed by atoms with Crippen molar-refractivity contribution in [2.75, 3.05) is 0 Å². The third kappa shape index (κ3) is 1.17. The first-order valence-electron chi connectivity index (χ1n) is 5.62. The number of halogens is 1. The van der Waals surface area contributed by atoms with Gasteiger partial charge in [0.2, 0.25) is 0 Å². The van der Waals surface area contributed by atoms with Crippen molar-refractivity contribution in [2.45, 2.75) is 24.7 Å². The second-order valence-corrected chi connectivity index (χ2v) is 5.42. The molecule has 16 heavy (non-hydrogen) atoms. The SMILES string of the molecule is O=C(O)[C@@H]1[C@@H]2CC[C@@]1(c1ccc(Cl)cc1)C2. The van der Waals surface area contributed by atoms with Gasteiger partial charge in [-0.1, -0.05) is 23.7 Å². The van der Waals surface area contributed by atoms with Crippen LogP contribution in [0.3, 0.4) is 0 Å². The van der Waals surface area contributed by atoms with E-state index in [1.54, 1.807) is 0 Å². The van der Waals surface area contributed by atoms with Gasteiger partial charge in [-0.25, -0.2) is 0 Å². The van der Waals surface area contributed by atoms with Crippen LogP contribution in [0.15, 0.2) is 24.3 Å². The predicted molar refractivity (Wildman–Crippen MR) is 61.6 cm³/mol. The highest BCUT2D eigenvalue weighted by molar-refractivity contribution is 6.30. The standard InChI is InChI=1S/C13H13ClO2/c14-10-3-1-9(2-4-10)13-6-5-8(7-13)11(13)12(15)16/h1-4,8,11H,5-7H2,(H,15,16)/t8-,11+,13+/m1/s1. The van der Waals surface area contributed by atoms with Crippen LogP contribution in [-0.2, 0) is 10.2 Å². The van der Waals surface area contributed by atoms with Gasteiger partial charge in [0, 0.05) is 10.4 Å². The summed E-state index contributed by atoms with van der Waals surface area (Å²) in [4.78, 5) is 11.3. The summed E-state index contributed by atoms with van der Waals surface area (Å²) in [6, 6.07) is 7.69. The van der Waals surface area contributed by atoms with Gasteiger partial charge in [0.05, 0.1) is 5.92 Å². The Morgan fingerprint density at radius 2 is 2.06 bits per heavy atom. The lowest BCUT2D eigenvalue weighted by atomic mass is 9.57. The zero-order valence-corrected chi connectivity index (χ0v) is 9.57. The van der Waals surface area contributed by atoms with Crippen molar-refractivity contribution in [3.8, 4) is 0 Å². The first kappa shape index (κ1) is 10.2. The van der Waals surface area contributed by atoms with Crippen molar-refractivity contribution in [2.24, 2.45) is 11.8 Å². The normalized spacial score (nSPS) is 35.8. The van der Waals surface area contributed by atoms with Gasteiger partial charge >= 0.3 is 5.97 Å². The molecule has 3 aliphatic carbocycles. The van der Waals surface area contributed by atoms with Gasteiger partial charge in [0.1, 0.15) is 0 Å². The van der Waals surface area contributed by atoms with Gasteiger partial charge in [-0.3, -0.25) is 4.79 Å². The van der Waals surface area contributed by atoms with Gasteiger partial charge in [0.25, 0.3) is 0 Å². The molecule has 1 N–H and O–H groups in total. The molecule has 0 spiro atoms. The first-order chi connectivity index (χ1) is 7.63. The quantitative estimate of drug-likeness (QED) is 0.857. The van der Waals surface area contributed by atoms with Crippen molar-refractivity contribution in [1.29, 1.82) is 0 Å². The monoisotopic (exact) mass is 236 g/mol. The van der Waals surface area contributed by atoms with E-state index in [0.29, 0.717) is 10.9 Å². The zero-order valence-electron chi connectivity index (χ0n) is 8.82. The molecule has 0 unspecified atom stereocenters. The summed E-state index contributed by atoms with van der Waals surface area (Å²) in [6.07, 6.45) is 3.10. The van der Waals surface area contributed by atoms with E-state index in [9.17, 15) is 9.90 Å². The van der Waals surface area contributed by atoms with E-state index >= 15 is 0 Å². The van der Waals surface area contributed by atoms with Crippen LogP contribution in [0, 0.1) is 11.8 Å². The molecule has 3 fully saturated rings. The Morgan fingerprint density at radius 3 is 2.62 bits per heavy atom. The molecule has 0 heterocycles. The smallest absolute Gasteiger partial charge is 0.307 e. The molecular formula is C13H13ClO2. The minimum atomic E-state index is -0.635. The first-order valence-corrected chi connectivity index (χ1v) is 6.00. The molecule has 1 aromatic rings. The number of carboxylic acids is 1. The van der Waals surface area contributed by atoms with Crippen molar-refractivity contribution < 1.29 is 9.90 Å². The summed E-state index contributed by atoms with van der Waals surface area (Å²) in [5, 5.41) is 9.98. The Balaban J connectivity index is 2.00. The number of rotatable bonds is 2. The Kier molecular flexibility index (Phi) is 2.05. The molecule has 3 heteroatoms. The van der Waals surface area contributed by atoms with Gasteiger partial charge < -0.3 is 5.11 Å². The molecule has 4 rings (SSSR count). The third-order valence-corrected chi connectivity index (χ3v) is 4.59. The Hall–Kier alpha value is -1.02. The van der Waals surface area contributed by atoms with Crippen molar-refractivity contribution in [3.63, 3.8) is 0 Å². The second-order valence-electron chi connectivity index (χ2n) is 4.98. The molecule has 0 saturated heterocycles. The molecule has 84 valence electrons. The molecule has 0 radical (unpaired) electrons. The molecule has 3 atom stereocenters. The lowest BCUT2D eigenvalue weighted by Crippen LogP contribution is -2.48. The fraction of sp³-hybridized carbons (Fsp3) is 0.462. The number of fused-ring (bicyclic) bond motifs is 1. The van der Waals surface area contributed by atoms with Gasteiger partial charge in [-0.05, 0) is 42.9 Å². The molecule has 1 aromatic carbocycles. The van der Waals surface area contributed by atoms with E-state index in [1.165, 1.54) is 0 Å². The van der Waals surface area contributed by atoms with Crippen LogP contribution >= 0.6 is 11.6 Å². The number of aliphatic carboxylic acids is 1. The van der Waals surface area contributed by atoms with Gasteiger partial charge in [-0.2, -0.15) is 0 Å². The van der Waals surface area contributed by atoms with Crippen LogP contribution in [-0.4, -0.2) is 11.1 Å². The molecular weight excluding hydrogens is 224 g/mol. The Labute approximate surface area is 99.2 Å². The number of carbonyl (C=O) groups is 1. The van der Waals surface area contributed by atoms with Crippen molar-refractivity contribution >= 4 is 17.6 Å². The maximum atomic E-state index is 11.3. The zero-order chi connectivity index (χ0) is 11.3. The molecule has 2 bridgehead atoms. The van der Waals surface area contributed by atoms with E-state index in [1.807, 2.05) is 24.3 Å². The summed E-state index contributed by atoms with van der Waals surface area (Å²) in [5.74, 6) is -0.412. The van der Waals surface area contributed by atoms with Crippen LogP contribution in [0.2, 0.25) is 5.02 Å². The average Bonchev–Trinajstić information content (AvgIpc) is 2.76. The molecule has 3 saturated carbocycles. The second kappa shape index (κ2) is 3.24. The van der Waals surface area contributed by atoms with Crippen molar-refractivity contribution in [1.82, 2.24) is 0 Å². The number of hydrogen-bond acceptors (Lipinski definition) is 1. The minimum Gasteiger partial charge on any atom is -0.481 e. The van der Waals surface area contributed by atoms with Crippen LogP contribution in [0.25, 0.3) is 0 Å². The van der Waals surface area contributed by atoms with Crippen LogP contribution in [0.1, 0.15) is 24.8 Å². The maximum Gasteiger partial charge on any atom is 0.307 e. The summed E-state index contributed by atoms with van der Waals surface area (Å²) >= 11 is 5.86. The van der Waals surface area contributed by atoms with E-state index in [-0.39, 0.29) is 11.3 Å².